The van der Waals surface area contributed by atoms with Gasteiger partial charge in [-0.15, -0.1) is 0 Å². The second kappa shape index (κ2) is 6.86. The summed E-state index contributed by atoms with van der Waals surface area (Å²) in [6, 6.07) is 3.44. The molecule has 1 N–H and O–H groups in total. The Labute approximate surface area is 117 Å². The van der Waals surface area contributed by atoms with Crippen molar-refractivity contribution < 1.29 is 9.53 Å². The van der Waals surface area contributed by atoms with Crippen LogP contribution in [0.25, 0.3) is 0 Å². The molecule has 0 aliphatic carbocycles. The fraction of sp³-hybridized carbons (Fsp3) is 0.462. The van der Waals surface area contributed by atoms with Crippen molar-refractivity contribution >= 4 is 29.1 Å². The third-order valence-corrected chi connectivity index (χ3v) is 3.16. The molecule has 3 nitrogen and oxygen atoms in total. The van der Waals surface area contributed by atoms with Crippen LogP contribution in [0.15, 0.2) is 12.1 Å². The van der Waals surface area contributed by atoms with Crippen LogP contribution in [0.2, 0.25) is 10.0 Å². The van der Waals surface area contributed by atoms with Crippen LogP contribution in [-0.2, 0) is 11.2 Å². The molecule has 0 saturated heterocycles. The number of methoxy groups -OCH3 is 1. The highest BCUT2D eigenvalue weighted by molar-refractivity contribution is 6.35. The van der Waals surface area contributed by atoms with E-state index < -0.39 is 0 Å². The molecule has 0 saturated carbocycles. The molecule has 0 radical (unpaired) electrons. The molecule has 0 bridgehead atoms. The third kappa shape index (κ3) is 4.07. The molecule has 18 heavy (non-hydrogen) atoms. The highest BCUT2D eigenvalue weighted by atomic mass is 35.5. The minimum absolute atomic E-state index is 0.0685. The largest absolute Gasteiger partial charge is 0.495 e. The van der Waals surface area contributed by atoms with Gasteiger partial charge in [-0.1, -0.05) is 30.1 Å². The number of ether oxygens (including phenoxy) is 1. The number of rotatable bonds is 5. The van der Waals surface area contributed by atoms with E-state index in [4.69, 9.17) is 27.9 Å². The molecule has 0 heterocycles. The molecule has 1 rings (SSSR count). The highest BCUT2D eigenvalue weighted by Crippen LogP contribution is 2.32. The van der Waals surface area contributed by atoms with E-state index >= 15 is 0 Å². The van der Waals surface area contributed by atoms with Gasteiger partial charge in [0.1, 0.15) is 5.75 Å². The van der Waals surface area contributed by atoms with Crippen molar-refractivity contribution in [3.05, 3.63) is 27.7 Å². The number of carbonyl (C=O) groups excluding carboxylic acids is 1. The molecule has 1 aromatic carbocycles. The summed E-state index contributed by atoms with van der Waals surface area (Å²) in [5, 5.41) is 3.79. The number of amides is 1. The summed E-state index contributed by atoms with van der Waals surface area (Å²) in [5.41, 5.74) is 0.691. The number of hydrogen-bond donors (Lipinski definition) is 1. The van der Waals surface area contributed by atoms with Gasteiger partial charge >= 0.3 is 0 Å². The van der Waals surface area contributed by atoms with Crippen molar-refractivity contribution in [2.45, 2.75) is 32.7 Å². The predicted molar refractivity (Wildman–Crippen MR) is 74.6 cm³/mol. The summed E-state index contributed by atoms with van der Waals surface area (Å²) in [5.74, 6) is 0.432. The Kier molecular flexibility index (Phi) is 5.76. The van der Waals surface area contributed by atoms with Crippen molar-refractivity contribution in [3.63, 3.8) is 0 Å². The maximum Gasteiger partial charge on any atom is 0.224 e. The third-order valence-electron chi connectivity index (χ3n) is 2.66. The number of carbonyl (C=O) groups is 1. The van der Waals surface area contributed by atoms with E-state index in [9.17, 15) is 4.79 Å². The number of benzene rings is 1. The van der Waals surface area contributed by atoms with Crippen LogP contribution in [0, 0.1) is 0 Å². The molecule has 1 atom stereocenters. The molecule has 1 unspecified atom stereocenters. The summed E-state index contributed by atoms with van der Waals surface area (Å²) in [6.45, 7) is 3.97. The highest BCUT2D eigenvalue weighted by Gasteiger charge is 2.14. The minimum Gasteiger partial charge on any atom is -0.495 e. The van der Waals surface area contributed by atoms with Gasteiger partial charge in [-0.3, -0.25) is 4.79 Å². The van der Waals surface area contributed by atoms with Crippen molar-refractivity contribution in [1.82, 2.24) is 5.32 Å². The normalized spacial score (nSPS) is 12.1. The van der Waals surface area contributed by atoms with Gasteiger partial charge in [0, 0.05) is 16.6 Å². The monoisotopic (exact) mass is 289 g/mol. The number of hydrogen-bond acceptors (Lipinski definition) is 2. The van der Waals surface area contributed by atoms with Gasteiger partial charge in [0.05, 0.1) is 18.6 Å². The van der Waals surface area contributed by atoms with E-state index in [1.807, 2.05) is 13.8 Å². The van der Waals surface area contributed by atoms with Crippen molar-refractivity contribution in [3.8, 4) is 5.75 Å². The summed E-state index contributed by atoms with van der Waals surface area (Å²) < 4.78 is 5.19. The number of halogens is 2. The second-order valence-electron chi connectivity index (χ2n) is 4.13. The van der Waals surface area contributed by atoms with Crippen molar-refractivity contribution in [2.75, 3.05) is 7.11 Å². The predicted octanol–water partition coefficient (Wildman–Crippen LogP) is 3.46. The van der Waals surface area contributed by atoms with E-state index in [2.05, 4.69) is 5.32 Å². The smallest absolute Gasteiger partial charge is 0.224 e. The lowest BCUT2D eigenvalue weighted by molar-refractivity contribution is -0.121. The van der Waals surface area contributed by atoms with Gasteiger partial charge in [0.25, 0.3) is 0 Å². The second-order valence-corrected chi connectivity index (χ2v) is 4.98. The molecule has 0 aromatic heterocycles. The summed E-state index contributed by atoms with van der Waals surface area (Å²) in [7, 11) is 1.52. The van der Waals surface area contributed by atoms with E-state index in [0.717, 1.165) is 6.42 Å². The first kappa shape index (κ1) is 15.1. The van der Waals surface area contributed by atoms with Crippen LogP contribution in [0.3, 0.4) is 0 Å². The van der Waals surface area contributed by atoms with E-state index in [0.29, 0.717) is 21.4 Å². The molecule has 0 fully saturated rings. The van der Waals surface area contributed by atoms with E-state index in [1.165, 1.54) is 7.11 Å². The van der Waals surface area contributed by atoms with Crippen molar-refractivity contribution in [1.29, 1.82) is 0 Å². The molecule has 5 heteroatoms. The molecule has 0 aliphatic heterocycles. The molecule has 100 valence electrons. The zero-order valence-electron chi connectivity index (χ0n) is 10.7. The standard InChI is InChI=1S/C13H17Cl2NO2/c1-4-8(2)16-12(17)6-9-5-10(14)7-11(15)13(9)18-3/h5,7-8H,4,6H2,1-3H3,(H,16,17). The van der Waals surface area contributed by atoms with Crippen LogP contribution < -0.4 is 10.1 Å². The molecular weight excluding hydrogens is 273 g/mol. The summed E-state index contributed by atoms with van der Waals surface area (Å²) in [6.07, 6.45) is 1.09. The fourth-order valence-electron chi connectivity index (χ4n) is 1.57. The van der Waals surface area contributed by atoms with Gasteiger partial charge in [-0.2, -0.15) is 0 Å². The lowest BCUT2D eigenvalue weighted by Crippen LogP contribution is -2.33. The Balaban J connectivity index is 2.86. The maximum atomic E-state index is 11.8. The molecule has 1 aromatic rings. The molecule has 0 aliphatic rings. The lowest BCUT2D eigenvalue weighted by atomic mass is 10.1. The van der Waals surface area contributed by atoms with Crippen LogP contribution in [-0.4, -0.2) is 19.1 Å². The van der Waals surface area contributed by atoms with Gasteiger partial charge in [0.15, 0.2) is 0 Å². The average Bonchev–Trinajstić information content (AvgIpc) is 2.28. The first-order valence-electron chi connectivity index (χ1n) is 5.79. The molecule has 0 spiro atoms. The quantitative estimate of drug-likeness (QED) is 0.902. The lowest BCUT2D eigenvalue weighted by Gasteiger charge is -2.14. The zero-order chi connectivity index (χ0) is 13.7. The summed E-state index contributed by atoms with van der Waals surface area (Å²) in [4.78, 5) is 11.8. The minimum atomic E-state index is -0.0685. The SMILES string of the molecule is CCC(C)NC(=O)Cc1cc(Cl)cc(Cl)c1OC. The van der Waals surface area contributed by atoms with Gasteiger partial charge in [-0.25, -0.2) is 0 Å². The van der Waals surface area contributed by atoms with Crippen LogP contribution in [0.4, 0.5) is 0 Å². The van der Waals surface area contributed by atoms with Crippen LogP contribution in [0.1, 0.15) is 25.8 Å². The Morgan fingerprint density at radius 2 is 2.11 bits per heavy atom. The van der Waals surface area contributed by atoms with E-state index in [-0.39, 0.29) is 18.4 Å². The van der Waals surface area contributed by atoms with Gasteiger partial charge in [0.2, 0.25) is 5.91 Å². The topological polar surface area (TPSA) is 38.3 Å². The molecular formula is C13H17Cl2NO2. The number of nitrogens with one attached hydrogen (secondary N) is 1. The fourth-order valence-corrected chi connectivity index (χ4v) is 2.19. The van der Waals surface area contributed by atoms with Crippen LogP contribution >= 0.6 is 23.2 Å². The molecule has 1 amide bonds. The Morgan fingerprint density at radius 3 is 2.67 bits per heavy atom. The Hall–Kier alpha value is -0.930. The van der Waals surface area contributed by atoms with Crippen LogP contribution in [0.5, 0.6) is 5.75 Å². The van der Waals surface area contributed by atoms with Crippen molar-refractivity contribution in [2.24, 2.45) is 0 Å². The van der Waals surface area contributed by atoms with E-state index in [1.54, 1.807) is 12.1 Å². The Bertz CT molecular complexity index is 435. The maximum absolute atomic E-state index is 11.8. The first-order chi connectivity index (χ1) is 8.47. The Morgan fingerprint density at radius 1 is 1.44 bits per heavy atom. The van der Waals surface area contributed by atoms with Gasteiger partial charge < -0.3 is 10.1 Å². The van der Waals surface area contributed by atoms with Gasteiger partial charge in [-0.05, 0) is 25.5 Å². The first-order valence-corrected chi connectivity index (χ1v) is 6.54. The summed E-state index contributed by atoms with van der Waals surface area (Å²) >= 11 is 11.9. The average molecular weight is 290 g/mol. The zero-order valence-corrected chi connectivity index (χ0v) is 12.2.